The molecule has 8 heteroatoms. The van der Waals surface area contributed by atoms with E-state index in [1.807, 2.05) is 30.3 Å². The van der Waals surface area contributed by atoms with Crippen LogP contribution >= 0.6 is 30.1 Å². The van der Waals surface area contributed by atoms with Crippen molar-refractivity contribution in [1.82, 2.24) is 0 Å². The molecule has 3 rings (SSSR count). The van der Waals surface area contributed by atoms with Crippen LogP contribution in [0.4, 0.5) is 0 Å². The van der Waals surface area contributed by atoms with Gasteiger partial charge >= 0.3 is 11.9 Å². The van der Waals surface area contributed by atoms with Gasteiger partial charge in [0.25, 0.3) is 0 Å². The Morgan fingerprint density at radius 1 is 0.958 bits per heavy atom. The molecule has 2 heterocycles. The third-order valence-corrected chi connectivity index (χ3v) is 9.68. The van der Waals surface area contributed by atoms with Crippen LogP contribution in [0.3, 0.4) is 0 Å². The molecule has 2 aliphatic rings. The van der Waals surface area contributed by atoms with E-state index in [1.165, 1.54) is 25.0 Å². The SMILES string of the molecule is COC(=O)C1=C(C(=O)OC)C2=S(SC(c3ccc(OC)cc3)=C2)S1. The second-order valence-corrected chi connectivity index (χ2v) is 10.4. The van der Waals surface area contributed by atoms with E-state index in [1.54, 1.807) is 17.9 Å². The smallest absolute Gasteiger partial charge is 0.346 e. The van der Waals surface area contributed by atoms with Gasteiger partial charge in [-0.3, -0.25) is 0 Å². The highest BCUT2D eigenvalue weighted by Gasteiger charge is 2.37. The van der Waals surface area contributed by atoms with Crippen LogP contribution in [0, 0.1) is 0 Å². The van der Waals surface area contributed by atoms with Gasteiger partial charge in [-0.2, -0.15) is 0 Å². The Bertz CT molecular complexity index is 806. The van der Waals surface area contributed by atoms with Gasteiger partial charge in [0.15, 0.2) is 0 Å². The van der Waals surface area contributed by atoms with Gasteiger partial charge in [0.05, 0.1) is 26.9 Å². The van der Waals surface area contributed by atoms with Gasteiger partial charge in [-0.25, -0.2) is 9.59 Å². The van der Waals surface area contributed by atoms with Gasteiger partial charge in [0.1, 0.15) is 10.7 Å². The lowest BCUT2D eigenvalue weighted by Crippen LogP contribution is -2.15. The molecular weight excluding hydrogens is 368 g/mol. The Hall–Kier alpha value is -1.64. The molecule has 0 spiro atoms. The molecule has 0 bridgehead atoms. The maximum atomic E-state index is 12.1. The van der Waals surface area contributed by atoms with E-state index in [9.17, 15) is 9.59 Å². The molecule has 1 aromatic rings. The number of carbonyl (C=O) groups excluding carboxylic acids is 2. The van der Waals surface area contributed by atoms with E-state index >= 15 is 0 Å². The van der Waals surface area contributed by atoms with Crippen LogP contribution in [0.2, 0.25) is 0 Å². The highest BCUT2D eigenvalue weighted by atomic mass is 33.5. The lowest BCUT2D eigenvalue weighted by atomic mass is 10.1. The van der Waals surface area contributed by atoms with Crippen molar-refractivity contribution in [1.29, 1.82) is 0 Å². The first-order valence-corrected chi connectivity index (χ1v) is 10.7. The van der Waals surface area contributed by atoms with Crippen molar-refractivity contribution in [2.24, 2.45) is 0 Å². The van der Waals surface area contributed by atoms with Crippen molar-refractivity contribution >= 4 is 51.8 Å². The third-order valence-electron chi connectivity index (χ3n) is 3.37. The monoisotopic (exact) mass is 382 g/mol. The van der Waals surface area contributed by atoms with E-state index < -0.39 is 11.9 Å². The molecule has 0 aromatic heterocycles. The topological polar surface area (TPSA) is 61.8 Å². The lowest BCUT2D eigenvalue weighted by Gasteiger charge is -2.08. The molecule has 0 fully saturated rings. The number of ether oxygens (including phenoxy) is 3. The molecule has 0 radical (unpaired) electrons. The van der Waals surface area contributed by atoms with E-state index in [2.05, 4.69) is 0 Å². The van der Waals surface area contributed by atoms with E-state index in [4.69, 9.17) is 14.2 Å². The second-order valence-electron chi connectivity index (χ2n) is 4.69. The fraction of sp³-hybridized carbons (Fsp3) is 0.188. The normalized spacial score (nSPS) is 19.0. The Morgan fingerprint density at radius 2 is 1.62 bits per heavy atom. The minimum atomic E-state index is -0.513. The molecule has 1 unspecified atom stereocenters. The number of hydrogen-bond acceptors (Lipinski definition) is 7. The summed E-state index contributed by atoms with van der Waals surface area (Å²) in [7, 11) is 6.86. The summed E-state index contributed by atoms with van der Waals surface area (Å²) in [6.45, 7) is 0. The standard InChI is InChI=1S/C16H14O5S3/c1-19-10-6-4-9(5-7-10)11-8-12-13(15(17)20-2)14(16(18)21-3)23-24(12)22-11/h4-8H,1-3H3. The van der Waals surface area contributed by atoms with E-state index in [0.717, 1.165) is 21.1 Å². The number of carbonyl (C=O) groups is 2. The first kappa shape index (κ1) is 17.2. The molecule has 126 valence electrons. The third kappa shape index (κ3) is 3.01. The summed E-state index contributed by atoms with van der Waals surface area (Å²) in [4.78, 5) is 26.3. The fourth-order valence-electron chi connectivity index (χ4n) is 2.18. The molecule has 2 aliphatic heterocycles. The van der Waals surface area contributed by atoms with Crippen LogP contribution in [0.15, 0.2) is 40.8 Å². The van der Waals surface area contributed by atoms with Crippen molar-refractivity contribution < 1.29 is 23.8 Å². The van der Waals surface area contributed by atoms with Crippen molar-refractivity contribution in [2.75, 3.05) is 21.3 Å². The van der Waals surface area contributed by atoms with Gasteiger partial charge in [-0.15, -0.1) is 0 Å². The van der Waals surface area contributed by atoms with Crippen LogP contribution in [-0.2, 0) is 19.1 Å². The Balaban J connectivity index is 1.95. The number of esters is 2. The predicted molar refractivity (Wildman–Crippen MR) is 99.8 cm³/mol. The predicted octanol–water partition coefficient (Wildman–Crippen LogP) is 3.40. The van der Waals surface area contributed by atoms with Crippen LogP contribution < -0.4 is 4.74 Å². The molecule has 0 amide bonds. The van der Waals surface area contributed by atoms with Gasteiger partial charge in [-0.05, 0) is 34.6 Å². The second kappa shape index (κ2) is 7.08. The molecule has 0 saturated heterocycles. The number of allylic oxidation sites excluding steroid dienone is 1. The summed E-state index contributed by atoms with van der Waals surface area (Å²) in [5, 5.41) is 0. The fourth-order valence-corrected chi connectivity index (χ4v) is 9.07. The van der Waals surface area contributed by atoms with Crippen molar-refractivity contribution in [3.05, 3.63) is 46.4 Å². The van der Waals surface area contributed by atoms with Crippen LogP contribution in [-0.4, -0.2) is 38.1 Å². The first-order chi connectivity index (χ1) is 11.6. The molecule has 1 aromatic carbocycles. The van der Waals surface area contributed by atoms with Crippen molar-refractivity contribution in [3.8, 4) is 5.75 Å². The lowest BCUT2D eigenvalue weighted by molar-refractivity contribution is -0.138. The number of benzene rings is 1. The van der Waals surface area contributed by atoms with Crippen LogP contribution in [0.1, 0.15) is 5.56 Å². The van der Waals surface area contributed by atoms with Crippen LogP contribution in [0.25, 0.3) is 4.91 Å². The van der Waals surface area contributed by atoms with Gasteiger partial charge in [0, 0.05) is 9.77 Å². The Labute approximate surface area is 149 Å². The average Bonchev–Trinajstić information content (AvgIpc) is 3.18. The van der Waals surface area contributed by atoms with Gasteiger partial charge in [0.2, 0.25) is 0 Å². The summed E-state index contributed by atoms with van der Waals surface area (Å²) in [6.07, 6.45) is 1.95. The molecular formula is C16H14O5S3. The highest BCUT2D eigenvalue weighted by Crippen LogP contribution is 2.63. The summed E-state index contributed by atoms with van der Waals surface area (Å²) >= 11 is 0. The van der Waals surface area contributed by atoms with Crippen molar-refractivity contribution in [3.63, 3.8) is 0 Å². The maximum absolute atomic E-state index is 12.1. The number of methoxy groups -OCH3 is 3. The number of rotatable bonds is 4. The zero-order valence-corrected chi connectivity index (χ0v) is 15.6. The molecule has 24 heavy (non-hydrogen) atoms. The van der Waals surface area contributed by atoms with E-state index in [0.29, 0.717) is 10.5 Å². The van der Waals surface area contributed by atoms with E-state index in [-0.39, 0.29) is 8.55 Å². The summed E-state index contributed by atoms with van der Waals surface area (Å²) in [5.41, 5.74) is 1.35. The van der Waals surface area contributed by atoms with Crippen molar-refractivity contribution in [2.45, 2.75) is 0 Å². The quantitative estimate of drug-likeness (QED) is 0.449. The summed E-state index contributed by atoms with van der Waals surface area (Å²) < 4.78 is 14.8. The summed E-state index contributed by atoms with van der Waals surface area (Å²) in [5.74, 6) is -0.231. The minimum absolute atomic E-state index is 0.314. The first-order valence-electron chi connectivity index (χ1n) is 6.84. The molecule has 0 saturated carbocycles. The average molecular weight is 382 g/mol. The van der Waals surface area contributed by atoms with Gasteiger partial charge < -0.3 is 14.2 Å². The molecule has 5 nitrogen and oxygen atoms in total. The largest absolute Gasteiger partial charge is 0.497 e. The zero-order valence-electron chi connectivity index (χ0n) is 13.2. The Kier molecular flexibility index (Phi) is 5.07. The number of hydrogen-bond donors (Lipinski definition) is 0. The highest BCUT2D eigenvalue weighted by molar-refractivity contribution is 9.18. The minimum Gasteiger partial charge on any atom is -0.497 e. The molecule has 0 aliphatic carbocycles. The molecule has 1 atom stereocenters. The molecule has 0 N–H and O–H groups in total. The van der Waals surface area contributed by atoms with Gasteiger partial charge in [-0.1, -0.05) is 31.5 Å². The van der Waals surface area contributed by atoms with Crippen LogP contribution in [0.5, 0.6) is 5.75 Å². The zero-order chi connectivity index (χ0) is 17.3. The summed E-state index contributed by atoms with van der Waals surface area (Å²) in [6, 6.07) is 7.72. The maximum Gasteiger partial charge on any atom is 0.346 e. The Morgan fingerprint density at radius 3 is 2.21 bits per heavy atom.